The molecular weight excluding hydrogens is 230 g/mol. The molecule has 0 spiro atoms. The van der Waals surface area contributed by atoms with Crippen molar-refractivity contribution in [3.05, 3.63) is 29.0 Å². The molecule has 0 unspecified atom stereocenters. The van der Waals surface area contributed by atoms with Crippen molar-refractivity contribution in [2.45, 2.75) is 32.6 Å². The fourth-order valence-electron chi connectivity index (χ4n) is 1.91. The summed E-state index contributed by atoms with van der Waals surface area (Å²) in [6, 6.07) is 2.13. The Morgan fingerprint density at radius 2 is 2.24 bits per heavy atom. The lowest BCUT2D eigenvalue weighted by atomic mass is 9.88. The van der Waals surface area contributed by atoms with Crippen molar-refractivity contribution >= 4 is 11.3 Å². The molecule has 2 aromatic rings. The SMILES string of the molecule is Cc1ccsc1-c1cnc(C(C)(C)CCN)[nH]1. The summed E-state index contributed by atoms with van der Waals surface area (Å²) in [7, 11) is 0. The van der Waals surface area contributed by atoms with Crippen LogP contribution in [0, 0.1) is 6.92 Å². The summed E-state index contributed by atoms with van der Waals surface area (Å²) in [5.41, 5.74) is 8.05. The number of nitrogens with one attached hydrogen (secondary N) is 1. The molecule has 0 saturated carbocycles. The van der Waals surface area contributed by atoms with Gasteiger partial charge in [0.05, 0.1) is 16.8 Å². The molecule has 0 amide bonds. The lowest BCUT2D eigenvalue weighted by Gasteiger charge is -2.20. The Labute approximate surface area is 106 Å². The first kappa shape index (κ1) is 12.3. The van der Waals surface area contributed by atoms with Gasteiger partial charge in [0.2, 0.25) is 0 Å². The number of rotatable bonds is 4. The van der Waals surface area contributed by atoms with Crippen LogP contribution >= 0.6 is 11.3 Å². The van der Waals surface area contributed by atoms with Crippen LogP contribution in [0.5, 0.6) is 0 Å². The topological polar surface area (TPSA) is 54.7 Å². The number of nitrogens with two attached hydrogens (primary N) is 1. The van der Waals surface area contributed by atoms with Gasteiger partial charge < -0.3 is 10.7 Å². The predicted molar refractivity (Wildman–Crippen MR) is 73.3 cm³/mol. The van der Waals surface area contributed by atoms with E-state index in [1.165, 1.54) is 10.4 Å². The van der Waals surface area contributed by atoms with Gasteiger partial charge in [0.1, 0.15) is 5.82 Å². The smallest absolute Gasteiger partial charge is 0.112 e. The summed E-state index contributed by atoms with van der Waals surface area (Å²) in [5, 5.41) is 2.11. The number of nitrogens with zero attached hydrogens (tertiary/aromatic N) is 1. The van der Waals surface area contributed by atoms with Crippen LogP contribution in [0.2, 0.25) is 0 Å². The van der Waals surface area contributed by atoms with Crippen molar-refractivity contribution < 1.29 is 0 Å². The monoisotopic (exact) mass is 249 g/mol. The molecule has 2 heterocycles. The molecule has 2 rings (SSSR count). The van der Waals surface area contributed by atoms with Crippen LogP contribution in [0.4, 0.5) is 0 Å². The minimum atomic E-state index is 0.0121. The van der Waals surface area contributed by atoms with Crippen molar-refractivity contribution in [2.24, 2.45) is 5.73 Å². The van der Waals surface area contributed by atoms with E-state index in [9.17, 15) is 0 Å². The lowest BCUT2D eigenvalue weighted by Crippen LogP contribution is -2.23. The van der Waals surface area contributed by atoms with Crippen LogP contribution in [0.1, 0.15) is 31.7 Å². The average Bonchev–Trinajstić information content (AvgIpc) is 2.85. The fourth-order valence-corrected chi connectivity index (χ4v) is 2.80. The predicted octanol–water partition coefficient (Wildman–Crippen LogP) is 3.07. The Kier molecular flexibility index (Phi) is 3.35. The number of hydrogen-bond donors (Lipinski definition) is 2. The molecule has 0 radical (unpaired) electrons. The van der Waals surface area contributed by atoms with Gasteiger partial charge >= 0.3 is 0 Å². The number of imidazole rings is 1. The zero-order chi connectivity index (χ0) is 12.5. The third-order valence-electron chi connectivity index (χ3n) is 3.09. The number of aromatic amines is 1. The van der Waals surface area contributed by atoms with Crippen LogP contribution in [0.25, 0.3) is 10.6 Å². The average molecular weight is 249 g/mol. The van der Waals surface area contributed by atoms with Gasteiger partial charge in [0.25, 0.3) is 0 Å². The highest BCUT2D eigenvalue weighted by atomic mass is 32.1. The van der Waals surface area contributed by atoms with Gasteiger partial charge in [-0.1, -0.05) is 13.8 Å². The van der Waals surface area contributed by atoms with Crippen molar-refractivity contribution in [3.8, 4) is 10.6 Å². The maximum absolute atomic E-state index is 5.64. The summed E-state index contributed by atoms with van der Waals surface area (Å²) in [4.78, 5) is 9.19. The van der Waals surface area contributed by atoms with Gasteiger partial charge in [-0.05, 0) is 36.9 Å². The molecule has 0 fully saturated rings. The van der Waals surface area contributed by atoms with Gasteiger partial charge in [-0.3, -0.25) is 0 Å². The Morgan fingerprint density at radius 1 is 1.47 bits per heavy atom. The molecular formula is C13H19N3S. The maximum Gasteiger partial charge on any atom is 0.112 e. The molecule has 0 aromatic carbocycles. The van der Waals surface area contributed by atoms with E-state index in [1.54, 1.807) is 11.3 Å². The Balaban J connectivity index is 2.31. The highest BCUT2D eigenvalue weighted by Gasteiger charge is 2.23. The van der Waals surface area contributed by atoms with E-state index in [2.05, 4.69) is 42.2 Å². The Bertz CT molecular complexity index is 496. The molecule has 92 valence electrons. The van der Waals surface area contributed by atoms with Gasteiger partial charge in [0.15, 0.2) is 0 Å². The summed E-state index contributed by atoms with van der Waals surface area (Å²) in [5.74, 6) is 1.02. The maximum atomic E-state index is 5.64. The molecule has 0 aliphatic heterocycles. The third kappa shape index (κ3) is 2.42. The number of aryl methyl sites for hydroxylation is 1. The van der Waals surface area contributed by atoms with E-state index < -0.39 is 0 Å². The minimum Gasteiger partial charge on any atom is -0.341 e. The van der Waals surface area contributed by atoms with Gasteiger partial charge in [-0.25, -0.2) is 4.98 Å². The first-order valence-corrected chi connectivity index (χ1v) is 6.72. The van der Waals surface area contributed by atoms with Crippen LogP contribution in [-0.4, -0.2) is 16.5 Å². The number of thiophene rings is 1. The van der Waals surface area contributed by atoms with Crippen molar-refractivity contribution in [1.82, 2.24) is 9.97 Å². The quantitative estimate of drug-likeness (QED) is 0.875. The van der Waals surface area contributed by atoms with Gasteiger partial charge in [0, 0.05) is 5.41 Å². The molecule has 3 N–H and O–H groups in total. The fraction of sp³-hybridized carbons (Fsp3) is 0.462. The summed E-state index contributed by atoms with van der Waals surface area (Å²) >= 11 is 1.74. The van der Waals surface area contributed by atoms with Crippen molar-refractivity contribution in [2.75, 3.05) is 6.54 Å². The molecule has 3 nitrogen and oxygen atoms in total. The van der Waals surface area contributed by atoms with Crippen molar-refractivity contribution in [1.29, 1.82) is 0 Å². The zero-order valence-corrected chi connectivity index (χ0v) is 11.4. The zero-order valence-electron chi connectivity index (χ0n) is 10.6. The highest BCUT2D eigenvalue weighted by Crippen LogP contribution is 2.30. The molecule has 17 heavy (non-hydrogen) atoms. The minimum absolute atomic E-state index is 0.0121. The van der Waals surface area contributed by atoms with Crippen LogP contribution < -0.4 is 5.73 Å². The Hall–Kier alpha value is -1.13. The highest BCUT2D eigenvalue weighted by molar-refractivity contribution is 7.13. The largest absolute Gasteiger partial charge is 0.341 e. The molecule has 0 aliphatic rings. The molecule has 4 heteroatoms. The normalized spacial score (nSPS) is 12.0. The van der Waals surface area contributed by atoms with Crippen LogP contribution in [0.3, 0.4) is 0 Å². The van der Waals surface area contributed by atoms with E-state index in [-0.39, 0.29) is 5.41 Å². The van der Waals surface area contributed by atoms with E-state index in [4.69, 9.17) is 5.73 Å². The van der Waals surface area contributed by atoms with E-state index >= 15 is 0 Å². The van der Waals surface area contributed by atoms with Crippen LogP contribution in [0.15, 0.2) is 17.6 Å². The van der Waals surface area contributed by atoms with Crippen LogP contribution in [-0.2, 0) is 5.41 Å². The second-order valence-electron chi connectivity index (χ2n) is 5.00. The Morgan fingerprint density at radius 3 is 2.82 bits per heavy atom. The molecule has 0 saturated heterocycles. The van der Waals surface area contributed by atoms with Gasteiger partial charge in [-0.15, -0.1) is 11.3 Å². The molecule has 0 aliphatic carbocycles. The van der Waals surface area contributed by atoms with Crippen molar-refractivity contribution in [3.63, 3.8) is 0 Å². The third-order valence-corrected chi connectivity index (χ3v) is 4.14. The second-order valence-corrected chi connectivity index (χ2v) is 5.92. The number of aromatic nitrogens is 2. The van der Waals surface area contributed by atoms with E-state index in [1.807, 2.05) is 6.20 Å². The molecule has 0 bridgehead atoms. The van der Waals surface area contributed by atoms with Gasteiger partial charge in [-0.2, -0.15) is 0 Å². The first-order chi connectivity index (χ1) is 8.04. The van der Waals surface area contributed by atoms with E-state index in [0.29, 0.717) is 6.54 Å². The van der Waals surface area contributed by atoms with E-state index in [0.717, 1.165) is 17.9 Å². The summed E-state index contributed by atoms with van der Waals surface area (Å²) < 4.78 is 0. The number of H-pyrrole nitrogens is 1. The summed E-state index contributed by atoms with van der Waals surface area (Å²) in [6.07, 6.45) is 2.86. The second kappa shape index (κ2) is 4.63. The number of hydrogen-bond acceptors (Lipinski definition) is 3. The molecule has 0 atom stereocenters. The summed E-state index contributed by atoms with van der Waals surface area (Å²) in [6.45, 7) is 7.14. The lowest BCUT2D eigenvalue weighted by molar-refractivity contribution is 0.462. The molecule has 2 aromatic heterocycles. The standard InChI is InChI=1S/C13H19N3S/c1-9-4-7-17-11(9)10-8-15-12(16-10)13(2,3)5-6-14/h4,7-8H,5-6,14H2,1-3H3,(H,15,16). The first-order valence-electron chi connectivity index (χ1n) is 5.84.